The third-order valence-electron chi connectivity index (χ3n) is 4.96. The second-order valence-electron chi connectivity index (χ2n) is 6.66. The van der Waals surface area contributed by atoms with Gasteiger partial charge in [-0.3, -0.25) is 9.97 Å². The van der Waals surface area contributed by atoms with Crippen molar-refractivity contribution in [2.24, 2.45) is 0 Å². The Bertz CT molecular complexity index is 1410. The molecule has 0 N–H and O–H groups in total. The molecule has 4 heterocycles. The minimum Gasteiger partial charge on any atom is -0.347 e. The molecule has 29 heavy (non-hydrogen) atoms. The molecule has 0 unspecified atom stereocenters. The number of pyridine rings is 4. The molecule has 2 aromatic carbocycles. The van der Waals surface area contributed by atoms with Gasteiger partial charge in [0.1, 0.15) is 0 Å². The molecule has 0 spiro atoms. The van der Waals surface area contributed by atoms with Crippen molar-refractivity contribution < 1.29 is 32.7 Å². The van der Waals surface area contributed by atoms with E-state index in [1.165, 1.54) is 0 Å². The van der Waals surface area contributed by atoms with Crippen molar-refractivity contribution in [3.05, 3.63) is 85.2 Å². The summed E-state index contributed by atoms with van der Waals surface area (Å²) < 4.78 is 0. The molecule has 0 aliphatic heterocycles. The zero-order valence-corrected chi connectivity index (χ0v) is 18.1. The molecule has 0 atom stereocenters. The van der Waals surface area contributed by atoms with Gasteiger partial charge in [-0.2, -0.15) is 12.1 Å². The maximum absolute atomic E-state index is 4.83. The van der Waals surface area contributed by atoms with Crippen LogP contribution in [0.4, 0.5) is 0 Å². The van der Waals surface area contributed by atoms with E-state index >= 15 is 0 Å². The molecule has 0 saturated carbocycles. The molecule has 1 radical (unpaired) electrons. The minimum absolute atomic E-state index is 0. The number of hydrogen-bond donors (Lipinski definition) is 0. The van der Waals surface area contributed by atoms with Crippen LogP contribution in [0.5, 0.6) is 0 Å². The van der Waals surface area contributed by atoms with E-state index in [1.807, 2.05) is 48.5 Å². The molecule has 133 valence electrons. The van der Waals surface area contributed by atoms with Gasteiger partial charge in [-0.05, 0) is 12.1 Å². The average Bonchev–Trinajstić information content (AvgIpc) is 2.78. The minimum atomic E-state index is 0. The fraction of sp³-hybridized carbons (Fsp3) is 0. The summed E-state index contributed by atoms with van der Waals surface area (Å²) in [5.74, 6) is 0. The molecule has 6 rings (SSSR count). The quantitative estimate of drug-likeness (QED) is 0.260. The smallest absolute Gasteiger partial charge is 0.0826 e. The summed E-state index contributed by atoms with van der Waals surface area (Å²) in [5, 5.41) is 4.13. The SMILES string of the molecule is [Y].[c-]1cc2ccc3cccnc3c2nc1-c1[c-]cc2ccc3cccnc3c2n1. The topological polar surface area (TPSA) is 51.6 Å². The normalized spacial score (nSPS) is 11.2. The molecule has 0 saturated heterocycles. The Kier molecular flexibility index (Phi) is 4.53. The standard InChI is InChI=1S/C24H12N4.Y/c1-3-15-5-7-17-9-11-19(27-23(17)21(15)25-13-1)20-12-10-18-8-6-16-4-2-14-26-22(16)24(18)28-20;/h1-10,13-14H;/q-2;. The first-order chi connectivity index (χ1) is 13.9. The van der Waals surface area contributed by atoms with Gasteiger partial charge in [0.05, 0.1) is 11.0 Å². The average molecular weight is 445 g/mol. The number of hydrogen-bond acceptors (Lipinski definition) is 4. The van der Waals surface area contributed by atoms with Crippen molar-refractivity contribution in [2.45, 2.75) is 0 Å². The summed E-state index contributed by atoms with van der Waals surface area (Å²) in [6.07, 6.45) is 3.58. The first-order valence-electron chi connectivity index (χ1n) is 8.99. The van der Waals surface area contributed by atoms with Gasteiger partial charge in [0.15, 0.2) is 0 Å². The molecule has 6 aromatic rings. The fourth-order valence-electron chi connectivity index (χ4n) is 3.58. The summed E-state index contributed by atoms with van der Waals surface area (Å²) >= 11 is 0. The van der Waals surface area contributed by atoms with Crippen LogP contribution in [-0.4, -0.2) is 19.9 Å². The monoisotopic (exact) mass is 445 g/mol. The van der Waals surface area contributed by atoms with Crippen molar-refractivity contribution in [2.75, 3.05) is 0 Å². The molecule has 5 heteroatoms. The third kappa shape index (κ3) is 3.00. The van der Waals surface area contributed by atoms with Crippen LogP contribution in [0.1, 0.15) is 0 Å². The van der Waals surface area contributed by atoms with Crippen molar-refractivity contribution in [1.82, 2.24) is 19.9 Å². The predicted octanol–water partition coefficient (Wildman–Crippen LogP) is 5.14. The Morgan fingerprint density at radius 2 is 0.966 bits per heavy atom. The molecular weight excluding hydrogens is 433 g/mol. The Hall–Kier alpha value is -2.82. The molecule has 0 bridgehead atoms. The van der Waals surface area contributed by atoms with Crippen LogP contribution >= 0.6 is 0 Å². The van der Waals surface area contributed by atoms with Gasteiger partial charge >= 0.3 is 0 Å². The number of aromatic nitrogens is 4. The van der Waals surface area contributed by atoms with E-state index in [-0.39, 0.29) is 32.7 Å². The Labute approximate surface area is 191 Å². The van der Waals surface area contributed by atoms with Crippen LogP contribution in [0.2, 0.25) is 0 Å². The number of benzene rings is 2. The zero-order valence-electron chi connectivity index (χ0n) is 15.3. The molecule has 0 fully saturated rings. The maximum Gasteiger partial charge on any atom is 0.0826 e. The van der Waals surface area contributed by atoms with Gasteiger partial charge < -0.3 is 9.97 Å². The van der Waals surface area contributed by atoms with Crippen LogP contribution in [0.25, 0.3) is 55.0 Å². The molecule has 4 nitrogen and oxygen atoms in total. The third-order valence-corrected chi connectivity index (χ3v) is 4.96. The molecule has 0 aliphatic carbocycles. The van der Waals surface area contributed by atoms with Gasteiger partial charge in [-0.25, -0.2) is 12.1 Å². The molecule has 4 aromatic heterocycles. The van der Waals surface area contributed by atoms with E-state index < -0.39 is 0 Å². The van der Waals surface area contributed by atoms with E-state index in [2.05, 4.69) is 34.2 Å². The van der Waals surface area contributed by atoms with Gasteiger partial charge in [0, 0.05) is 66.9 Å². The maximum atomic E-state index is 4.83. The van der Waals surface area contributed by atoms with Crippen molar-refractivity contribution in [1.29, 1.82) is 0 Å². The van der Waals surface area contributed by atoms with Crippen molar-refractivity contribution in [3.63, 3.8) is 0 Å². The van der Waals surface area contributed by atoms with E-state index in [1.54, 1.807) is 12.4 Å². The predicted molar refractivity (Wildman–Crippen MR) is 111 cm³/mol. The largest absolute Gasteiger partial charge is 0.347 e. The van der Waals surface area contributed by atoms with Crippen molar-refractivity contribution in [3.8, 4) is 11.4 Å². The first-order valence-corrected chi connectivity index (χ1v) is 8.99. The number of rotatable bonds is 1. The number of fused-ring (bicyclic) bond motifs is 6. The Balaban J connectivity index is 0.00000181. The van der Waals surface area contributed by atoms with Gasteiger partial charge in [-0.15, -0.1) is 23.5 Å². The number of nitrogens with zero attached hydrogens (tertiary/aromatic N) is 4. The zero-order chi connectivity index (χ0) is 18.5. The van der Waals surface area contributed by atoms with Crippen LogP contribution in [0, 0.1) is 12.1 Å². The summed E-state index contributed by atoms with van der Waals surface area (Å²) in [6.45, 7) is 0. The molecule has 0 amide bonds. The Morgan fingerprint density at radius 1 is 0.517 bits per heavy atom. The van der Waals surface area contributed by atoms with Crippen molar-refractivity contribution >= 4 is 43.6 Å². The fourth-order valence-corrected chi connectivity index (χ4v) is 3.58. The van der Waals surface area contributed by atoms with Crippen LogP contribution < -0.4 is 0 Å². The summed E-state index contributed by atoms with van der Waals surface area (Å²) in [4.78, 5) is 18.7. The molecule has 0 aliphatic rings. The van der Waals surface area contributed by atoms with E-state index in [4.69, 9.17) is 9.97 Å². The van der Waals surface area contributed by atoms with Crippen LogP contribution in [0.15, 0.2) is 73.1 Å². The van der Waals surface area contributed by atoms with E-state index in [9.17, 15) is 0 Å². The Morgan fingerprint density at radius 3 is 1.45 bits per heavy atom. The first kappa shape index (κ1) is 18.2. The van der Waals surface area contributed by atoms with Gasteiger partial charge in [0.2, 0.25) is 0 Å². The second kappa shape index (κ2) is 7.21. The summed E-state index contributed by atoms with van der Waals surface area (Å²) in [6, 6.07) is 26.5. The van der Waals surface area contributed by atoms with Crippen LogP contribution in [-0.2, 0) is 32.7 Å². The molecular formula is C24H12N4Y-2. The van der Waals surface area contributed by atoms with Gasteiger partial charge in [-0.1, -0.05) is 35.0 Å². The second-order valence-corrected chi connectivity index (χ2v) is 6.66. The van der Waals surface area contributed by atoms with Crippen LogP contribution in [0.3, 0.4) is 0 Å². The summed E-state index contributed by atoms with van der Waals surface area (Å²) in [5.41, 5.74) is 4.75. The van der Waals surface area contributed by atoms with E-state index in [0.717, 1.165) is 43.6 Å². The van der Waals surface area contributed by atoms with E-state index in [0.29, 0.717) is 11.4 Å². The van der Waals surface area contributed by atoms with Gasteiger partial charge in [0.25, 0.3) is 0 Å². The summed E-state index contributed by atoms with van der Waals surface area (Å²) in [7, 11) is 0.